The van der Waals surface area contributed by atoms with E-state index in [2.05, 4.69) is 18.6 Å². The minimum atomic E-state index is -2.53. The first-order valence-electron chi connectivity index (χ1n) is 8.07. The summed E-state index contributed by atoms with van der Waals surface area (Å²) in [6.07, 6.45) is 1.04. The van der Waals surface area contributed by atoms with Crippen LogP contribution in [-0.4, -0.2) is 19.5 Å². The molecule has 2 rings (SSSR count). The molecule has 0 saturated heterocycles. The van der Waals surface area contributed by atoms with Gasteiger partial charge in [-0.2, -0.15) is 0 Å². The number of hydrogen-bond donors (Lipinski definition) is 3. The van der Waals surface area contributed by atoms with Gasteiger partial charge in [-0.15, -0.1) is 0 Å². The van der Waals surface area contributed by atoms with Crippen LogP contribution in [0.25, 0.3) is 0 Å². The SMILES string of the molecule is CC(C)Cc1ccc(C(C)C(=O)O)cc1.O=[SH](=O)Nc1ccccc1. The molecule has 6 heteroatoms. The van der Waals surface area contributed by atoms with Gasteiger partial charge in [-0.3, -0.25) is 9.52 Å². The maximum atomic E-state index is 10.8. The number of benzene rings is 2. The quantitative estimate of drug-likeness (QED) is 0.683. The Hall–Kier alpha value is -2.34. The smallest absolute Gasteiger partial charge is 0.310 e. The molecule has 25 heavy (non-hydrogen) atoms. The predicted octanol–water partition coefficient (Wildman–Crippen LogP) is 3.70. The van der Waals surface area contributed by atoms with E-state index >= 15 is 0 Å². The molecular weight excluding hydrogens is 338 g/mol. The monoisotopic (exact) mass is 363 g/mol. The van der Waals surface area contributed by atoms with Crippen molar-refractivity contribution >= 4 is 22.5 Å². The Balaban J connectivity index is 0.000000271. The Labute approximate surface area is 150 Å². The number of carbonyl (C=O) groups is 1. The molecular formula is C19H25NO4S. The number of anilines is 1. The van der Waals surface area contributed by atoms with E-state index < -0.39 is 22.8 Å². The number of carboxylic acids is 1. The number of nitrogens with one attached hydrogen (secondary N) is 1. The van der Waals surface area contributed by atoms with Crippen molar-refractivity contribution in [2.24, 2.45) is 5.92 Å². The molecule has 0 fully saturated rings. The molecule has 2 N–H and O–H groups in total. The number of hydrogen-bond acceptors (Lipinski definition) is 3. The molecule has 0 aromatic heterocycles. The topological polar surface area (TPSA) is 83.5 Å². The molecule has 1 atom stereocenters. The van der Waals surface area contributed by atoms with Gasteiger partial charge in [0.25, 0.3) is 0 Å². The highest BCUT2D eigenvalue weighted by atomic mass is 32.2. The average Bonchev–Trinajstić information content (AvgIpc) is 2.55. The van der Waals surface area contributed by atoms with Crippen LogP contribution in [0.5, 0.6) is 0 Å². The average molecular weight is 363 g/mol. The zero-order valence-electron chi connectivity index (χ0n) is 14.7. The highest BCUT2D eigenvalue weighted by Gasteiger charge is 2.12. The Morgan fingerprint density at radius 2 is 1.56 bits per heavy atom. The van der Waals surface area contributed by atoms with Crippen molar-refractivity contribution in [1.29, 1.82) is 0 Å². The maximum absolute atomic E-state index is 10.8. The summed E-state index contributed by atoms with van der Waals surface area (Å²) < 4.78 is 22.4. The normalized spacial score (nSPS) is 11.6. The summed E-state index contributed by atoms with van der Waals surface area (Å²) in [4.78, 5) is 10.8. The minimum absolute atomic E-state index is 0.418. The number of para-hydroxylation sites is 1. The lowest BCUT2D eigenvalue weighted by Crippen LogP contribution is -2.07. The fourth-order valence-electron chi connectivity index (χ4n) is 2.17. The summed E-state index contributed by atoms with van der Waals surface area (Å²) in [5.74, 6) is -0.558. The van der Waals surface area contributed by atoms with Gasteiger partial charge in [-0.25, -0.2) is 8.42 Å². The molecule has 5 nitrogen and oxygen atoms in total. The van der Waals surface area contributed by atoms with Gasteiger partial charge >= 0.3 is 5.97 Å². The lowest BCUT2D eigenvalue weighted by molar-refractivity contribution is -0.138. The first-order chi connectivity index (χ1) is 11.8. The summed E-state index contributed by atoms with van der Waals surface area (Å²) in [7, 11) is -2.53. The van der Waals surface area contributed by atoms with Crippen molar-refractivity contribution in [2.45, 2.75) is 33.1 Å². The fourth-order valence-corrected chi connectivity index (χ4v) is 2.53. The second-order valence-corrected chi connectivity index (χ2v) is 6.87. The molecule has 0 spiro atoms. The van der Waals surface area contributed by atoms with Crippen molar-refractivity contribution in [2.75, 3.05) is 4.72 Å². The molecule has 0 saturated carbocycles. The van der Waals surface area contributed by atoms with Crippen LogP contribution >= 0.6 is 0 Å². The molecule has 0 heterocycles. The Kier molecular flexibility index (Phi) is 8.70. The van der Waals surface area contributed by atoms with Crippen molar-refractivity contribution in [3.63, 3.8) is 0 Å². The highest BCUT2D eigenvalue weighted by molar-refractivity contribution is 7.73. The van der Waals surface area contributed by atoms with E-state index in [1.165, 1.54) is 5.56 Å². The van der Waals surface area contributed by atoms with Crippen LogP contribution in [0.1, 0.15) is 37.8 Å². The minimum Gasteiger partial charge on any atom is -0.481 e. The number of aliphatic carboxylic acids is 1. The molecule has 1 unspecified atom stereocenters. The summed E-state index contributed by atoms with van der Waals surface area (Å²) in [6, 6.07) is 16.6. The Bertz CT molecular complexity index is 717. The van der Waals surface area contributed by atoms with Crippen molar-refractivity contribution in [1.82, 2.24) is 0 Å². The summed E-state index contributed by atoms with van der Waals surface area (Å²) in [6.45, 7) is 6.06. The summed E-state index contributed by atoms with van der Waals surface area (Å²) in [5.41, 5.74) is 2.74. The Morgan fingerprint density at radius 1 is 1.00 bits per heavy atom. The first kappa shape index (κ1) is 20.7. The molecule has 0 aliphatic heterocycles. The molecule has 2 aromatic rings. The second-order valence-electron chi connectivity index (χ2n) is 6.13. The van der Waals surface area contributed by atoms with E-state index in [1.807, 2.05) is 30.3 Å². The van der Waals surface area contributed by atoms with Crippen LogP contribution in [0.3, 0.4) is 0 Å². The van der Waals surface area contributed by atoms with Gasteiger partial charge in [-0.1, -0.05) is 56.3 Å². The standard InChI is InChI=1S/C13H18O2.C6H7NO2S/c1-9(2)8-11-4-6-12(7-5-11)10(3)13(14)15;8-10(9)7-6-4-2-1-3-5-6/h4-7,9-10H,8H2,1-3H3,(H,14,15);1-5,10H,(H,7,8,9). The van der Waals surface area contributed by atoms with E-state index in [0.29, 0.717) is 11.6 Å². The third-order valence-electron chi connectivity index (χ3n) is 3.49. The summed E-state index contributed by atoms with van der Waals surface area (Å²) in [5, 5.41) is 8.85. The second kappa shape index (κ2) is 10.5. The molecule has 136 valence electrons. The third-order valence-corrected chi connectivity index (χ3v) is 3.93. The van der Waals surface area contributed by atoms with Crippen molar-refractivity contribution in [3.05, 3.63) is 65.7 Å². The van der Waals surface area contributed by atoms with Gasteiger partial charge in [-0.05, 0) is 42.5 Å². The number of rotatable bonds is 6. The van der Waals surface area contributed by atoms with E-state index in [1.54, 1.807) is 31.2 Å². The largest absolute Gasteiger partial charge is 0.481 e. The maximum Gasteiger partial charge on any atom is 0.310 e. The van der Waals surface area contributed by atoms with Crippen LogP contribution in [0, 0.1) is 5.92 Å². The predicted molar refractivity (Wildman–Crippen MR) is 101 cm³/mol. The highest BCUT2D eigenvalue weighted by Crippen LogP contribution is 2.17. The summed E-state index contributed by atoms with van der Waals surface area (Å²) >= 11 is 0. The first-order valence-corrected chi connectivity index (χ1v) is 9.25. The van der Waals surface area contributed by atoms with E-state index in [9.17, 15) is 13.2 Å². The van der Waals surface area contributed by atoms with Crippen LogP contribution in [-0.2, 0) is 22.1 Å². The fraction of sp³-hybridized carbons (Fsp3) is 0.316. The van der Waals surface area contributed by atoms with Gasteiger partial charge in [0.15, 0.2) is 0 Å². The molecule has 0 amide bonds. The van der Waals surface area contributed by atoms with Gasteiger partial charge in [0.1, 0.15) is 0 Å². The van der Waals surface area contributed by atoms with Gasteiger partial charge < -0.3 is 5.11 Å². The van der Waals surface area contributed by atoms with Crippen LogP contribution in [0.2, 0.25) is 0 Å². The zero-order valence-corrected chi connectivity index (χ0v) is 15.6. The van der Waals surface area contributed by atoms with Crippen molar-refractivity contribution in [3.8, 4) is 0 Å². The lowest BCUT2D eigenvalue weighted by Gasteiger charge is -2.09. The third kappa shape index (κ3) is 8.35. The number of carboxylic acid groups (broad SMARTS) is 1. The van der Waals surface area contributed by atoms with Crippen LogP contribution < -0.4 is 4.72 Å². The lowest BCUT2D eigenvalue weighted by atomic mass is 9.97. The number of thiol groups is 1. The van der Waals surface area contributed by atoms with Crippen LogP contribution in [0.15, 0.2) is 54.6 Å². The van der Waals surface area contributed by atoms with Gasteiger partial charge in [0, 0.05) is 5.69 Å². The molecule has 0 radical (unpaired) electrons. The van der Waals surface area contributed by atoms with E-state index in [0.717, 1.165) is 12.0 Å². The van der Waals surface area contributed by atoms with Gasteiger partial charge in [0.2, 0.25) is 10.9 Å². The molecule has 0 bridgehead atoms. The molecule has 0 aliphatic carbocycles. The Morgan fingerprint density at radius 3 is 2.00 bits per heavy atom. The zero-order chi connectivity index (χ0) is 18.8. The van der Waals surface area contributed by atoms with E-state index in [-0.39, 0.29) is 0 Å². The van der Waals surface area contributed by atoms with Crippen LogP contribution in [0.4, 0.5) is 5.69 Å². The van der Waals surface area contributed by atoms with Crippen molar-refractivity contribution < 1.29 is 18.3 Å². The van der Waals surface area contributed by atoms with Gasteiger partial charge in [0.05, 0.1) is 5.92 Å². The van der Waals surface area contributed by atoms with E-state index in [4.69, 9.17) is 5.11 Å². The molecule has 2 aromatic carbocycles. The molecule has 0 aliphatic rings.